The van der Waals surface area contributed by atoms with Crippen LogP contribution in [0.15, 0.2) is 0 Å². The van der Waals surface area contributed by atoms with Crippen molar-refractivity contribution in [2.45, 2.75) is 110 Å². The Labute approximate surface area is 145 Å². The standard InChI is InChI=1S/C22H42O/c1-2-19-13-12-16-21(17-19)22(18-23)20-14-10-8-6-4-3-5-7-9-11-15-20/h19-23H,2-18H2,1H3/t19?,21-,22?/m1/s1. The van der Waals surface area contributed by atoms with Crippen molar-refractivity contribution in [2.75, 3.05) is 6.61 Å². The Bertz CT molecular complexity index is 276. The van der Waals surface area contributed by atoms with Crippen molar-refractivity contribution in [1.29, 1.82) is 0 Å². The summed E-state index contributed by atoms with van der Waals surface area (Å²) in [5, 5.41) is 10.2. The molecule has 0 bridgehead atoms. The minimum atomic E-state index is 0.450. The molecule has 1 N–H and O–H groups in total. The second kappa shape index (κ2) is 11.5. The first-order valence-corrected chi connectivity index (χ1v) is 11.0. The highest BCUT2D eigenvalue weighted by atomic mass is 16.3. The van der Waals surface area contributed by atoms with Crippen LogP contribution in [0.5, 0.6) is 0 Å². The summed E-state index contributed by atoms with van der Waals surface area (Å²) in [4.78, 5) is 0. The summed E-state index contributed by atoms with van der Waals surface area (Å²) in [5.41, 5.74) is 0. The van der Waals surface area contributed by atoms with E-state index in [2.05, 4.69) is 6.92 Å². The molecule has 136 valence electrons. The van der Waals surface area contributed by atoms with Crippen LogP contribution >= 0.6 is 0 Å². The highest BCUT2D eigenvalue weighted by molar-refractivity contribution is 4.82. The summed E-state index contributed by atoms with van der Waals surface area (Å²) in [6, 6.07) is 0. The van der Waals surface area contributed by atoms with Gasteiger partial charge in [0.1, 0.15) is 0 Å². The highest BCUT2D eigenvalue weighted by Crippen LogP contribution is 2.40. The molecule has 0 saturated heterocycles. The van der Waals surface area contributed by atoms with Crippen LogP contribution in [0.4, 0.5) is 0 Å². The maximum atomic E-state index is 10.2. The van der Waals surface area contributed by atoms with Crippen molar-refractivity contribution >= 4 is 0 Å². The summed E-state index contributed by atoms with van der Waals surface area (Å²) < 4.78 is 0. The van der Waals surface area contributed by atoms with Crippen molar-refractivity contribution < 1.29 is 5.11 Å². The van der Waals surface area contributed by atoms with E-state index >= 15 is 0 Å². The van der Waals surface area contributed by atoms with Gasteiger partial charge in [-0.15, -0.1) is 0 Å². The van der Waals surface area contributed by atoms with E-state index in [-0.39, 0.29) is 0 Å². The van der Waals surface area contributed by atoms with Gasteiger partial charge in [-0.05, 0) is 30.1 Å². The molecule has 0 aromatic carbocycles. The maximum absolute atomic E-state index is 10.2. The predicted octanol–water partition coefficient (Wildman–Crippen LogP) is 6.73. The minimum Gasteiger partial charge on any atom is -0.396 e. The third-order valence-electron chi connectivity index (χ3n) is 6.97. The average Bonchev–Trinajstić information content (AvgIpc) is 2.58. The lowest BCUT2D eigenvalue weighted by atomic mass is 9.68. The molecule has 0 spiro atoms. The van der Waals surface area contributed by atoms with Crippen molar-refractivity contribution in [3.05, 3.63) is 0 Å². The maximum Gasteiger partial charge on any atom is 0.0464 e. The zero-order valence-corrected chi connectivity index (χ0v) is 15.8. The molecule has 0 aromatic rings. The molecule has 0 aromatic heterocycles. The van der Waals surface area contributed by atoms with Crippen LogP contribution in [-0.2, 0) is 0 Å². The summed E-state index contributed by atoms with van der Waals surface area (Å²) in [6.45, 7) is 2.81. The van der Waals surface area contributed by atoms with Crippen LogP contribution in [-0.4, -0.2) is 11.7 Å². The summed E-state index contributed by atoms with van der Waals surface area (Å²) >= 11 is 0. The van der Waals surface area contributed by atoms with Crippen LogP contribution in [0, 0.1) is 23.7 Å². The van der Waals surface area contributed by atoms with Gasteiger partial charge in [-0.1, -0.05) is 103 Å². The van der Waals surface area contributed by atoms with Crippen molar-refractivity contribution in [1.82, 2.24) is 0 Å². The number of rotatable bonds is 4. The molecule has 0 aliphatic heterocycles. The van der Waals surface area contributed by atoms with E-state index in [1.807, 2.05) is 0 Å². The Kier molecular flexibility index (Phi) is 9.65. The van der Waals surface area contributed by atoms with Crippen molar-refractivity contribution in [2.24, 2.45) is 23.7 Å². The third kappa shape index (κ3) is 6.77. The highest BCUT2D eigenvalue weighted by Gasteiger charge is 2.32. The molecule has 2 aliphatic carbocycles. The molecule has 0 radical (unpaired) electrons. The van der Waals surface area contributed by atoms with E-state index in [0.29, 0.717) is 12.5 Å². The number of hydrogen-bond acceptors (Lipinski definition) is 1. The lowest BCUT2D eigenvalue weighted by molar-refractivity contribution is 0.0709. The van der Waals surface area contributed by atoms with E-state index in [1.54, 1.807) is 0 Å². The Morgan fingerprint density at radius 1 is 0.696 bits per heavy atom. The summed E-state index contributed by atoms with van der Waals surface area (Å²) in [7, 11) is 0. The fourth-order valence-corrected chi connectivity index (χ4v) is 5.40. The molecule has 2 saturated carbocycles. The molecule has 2 unspecified atom stereocenters. The quantitative estimate of drug-likeness (QED) is 0.608. The van der Waals surface area contributed by atoms with Gasteiger partial charge < -0.3 is 5.11 Å². The van der Waals surface area contributed by atoms with Crippen molar-refractivity contribution in [3.8, 4) is 0 Å². The average molecular weight is 323 g/mol. The molecule has 3 atom stereocenters. The second-order valence-corrected chi connectivity index (χ2v) is 8.57. The molecule has 0 amide bonds. The minimum absolute atomic E-state index is 0.450. The van der Waals surface area contributed by atoms with Gasteiger partial charge >= 0.3 is 0 Å². The van der Waals surface area contributed by atoms with E-state index < -0.39 is 0 Å². The molecule has 0 heterocycles. The summed E-state index contributed by atoms with van der Waals surface area (Å²) in [5.74, 6) is 3.16. The van der Waals surface area contributed by atoms with E-state index in [0.717, 1.165) is 17.8 Å². The van der Waals surface area contributed by atoms with Gasteiger partial charge in [0.05, 0.1) is 0 Å². The fourth-order valence-electron chi connectivity index (χ4n) is 5.40. The van der Waals surface area contributed by atoms with Gasteiger partial charge in [0.15, 0.2) is 0 Å². The van der Waals surface area contributed by atoms with Crippen LogP contribution in [0.25, 0.3) is 0 Å². The van der Waals surface area contributed by atoms with Gasteiger partial charge in [-0.3, -0.25) is 0 Å². The molecule has 1 heteroatoms. The van der Waals surface area contributed by atoms with Gasteiger partial charge in [-0.2, -0.15) is 0 Å². The predicted molar refractivity (Wildman–Crippen MR) is 101 cm³/mol. The molecule has 23 heavy (non-hydrogen) atoms. The molecular formula is C22H42O. The Morgan fingerprint density at radius 2 is 1.22 bits per heavy atom. The van der Waals surface area contributed by atoms with Gasteiger partial charge in [0.2, 0.25) is 0 Å². The SMILES string of the molecule is CCC1CCC[C@@H](C(CO)C2CCCCCCCCCCC2)C1. The number of aliphatic hydroxyl groups excluding tert-OH is 1. The Balaban J connectivity index is 1.91. The zero-order valence-electron chi connectivity index (χ0n) is 15.8. The first-order chi connectivity index (χ1) is 11.3. The third-order valence-corrected chi connectivity index (χ3v) is 6.97. The summed E-state index contributed by atoms with van der Waals surface area (Å²) in [6.07, 6.45) is 22.7. The van der Waals surface area contributed by atoms with Gasteiger partial charge in [0.25, 0.3) is 0 Å². The second-order valence-electron chi connectivity index (χ2n) is 8.57. The van der Waals surface area contributed by atoms with Crippen molar-refractivity contribution in [3.63, 3.8) is 0 Å². The normalized spacial score (nSPS) is 31.0. The molecule has 2 aliphatic rings. The van der Waals surface area contributed by atoms with Gasteiger partial charge in [0, 0.05) is 6.61 Å². The molecular weight excluding hydrogens is 280 g/mol. The zero-order chi connectivity index (χ0) is 16.3. The van der Waals surface area contributed by atoms with Crippen LogP contribution in [0.3, 0.4) is 0 Å². The lowest BCUT2D eigenvalue weighted by Gasteiger charge is -2.38. The Morgan fingerprint density at radius 3 is 1.74 bits per heavy atom. The van der Waals surface area contributed by atoms with E-state index in [4.69, 9.17) is 0 Å². The largest absolute Gasteiger partial charge is 0.396 e. The van der Waals surface area contributed by atoms with Gasteiger partial charge in [-0.25, -0.2) is 0 Å². The lowest BCUT2D eigenvalue weighted by Crippen LogP contribution is -2.31. The van der Waals surface area contributed by atoms with E-state index in [9.17, 15) is 5.11 Å². The van der Waals surface area contributed by atoms with Crippen LogP contribution < -0.4 is 0 Å². The topological polar surface area (TPSA) is 20.2 Å². The number of aliphatic hydroxyl groups is 1. The van der Waals surface area contributed by atoms with Crippen LogP contribution in [0.1, 0.15) is 110 Å². The monoisotopic (exact) mass is 322 g/mol. The number of hydrogen-bond donors (Lipinski definition) is 1. The molecule has 2 rings (SSSR count). The Hall–Kier alpha value is -0.0400. The fraction of sp³-hybridized carbons (Fsp3) is 1.00. The van der Waals surface area contributed by atoms with E-state index in [1.165, 1.54) is 103 Å². The first-order valence-electron chi connectivity index (χ1n) is 11.0. The molecule has 1 nitrogen and oxygen atoms in total. The first kappa shape index (κ1) is 19.3. The van der Waals surface area contributed by atoms with Crippen LogP contribution in [0.2, 0.25) is 0 Å². The molecule has 2 fully saturated rings. The smallest absolute Gasteiger partial charge is 0.0464 e.